The molecule has 2 saturated heterocycles. The third-order valence-corrected chi connectivity index (χ3v) is 4.06. The Morgan fingerprint density at radius 3 is 2.94 bits per heavy atom. The summed E-state index contributed by atoms with van der Waals surface area (Å²) in [7, 11) is 0. The Balaban J connectivity index is 1.62. The van der Waals surface area contributed by atoms with E-state index in [0.29, 0.717) is 18.6 Å². The van der Waals surface area contributed by atoms with E-state index in [1.807, 2.05) is 0 Å². The molecule has 3 atom stereocenters. The van der Waals surface area contributed by atoms with E-state index < -0.39 is 0 Å². The average molecular weight is 254 g/mol. The van der Waals surface area contributed by atoms with E-state index in [1.54, 1.807) is 0 Å². The first-order valence-corrected chi connectivity index (χ1v) is 7.40. The van der Waals surface area contributed by atoms with Gasteiger partial charge in [0.05, 0.1) is 6.10 Å². The minimum Gasteiger partial charge on any atom is -0.378 e. The molecule has 0 aromatic carbocycles. The van der Waals surface area contributed by atoms with Crippen LogP contribution in [-0.4, -0.2) is 37.2 Å². The van der Waals surface area contributed by atoms with Crippen LogP contribution >= 0.6 is 0 Å². The Hall–Kier alpha value is -0.610. The van der Waals surface area contributed by atoms with Gasteiger partial charge in [-0.15, -0.1) is 0 Å². The molecule has 4 nitrogen and oxygen atoms in total. The molecular weight excluding hydrogens is 228 g/mol. The maximum Gasteiger partial charge on any atom is 0.220 e. The summed E-state index contributed by atoms with van der Waals surface area (Å²) in [5.41, 5.74) is 0. The molecule has 0 saturated carbocycles. The summed E-state index contributed by atoms with van der Waals surface area (Å²) in [5, 5.41) is 6.60. The van der Waals surface area contributed by atoms with Crippen LogP contribution in [0.1, 0.15) is 51.9 Å². The third-order valence-electron chi connectivity index (χ3n) is 4.06. The Morgan fingerprint density at radius 2 is 2.28 bits per heavy atom. The normalized spacial score (nSPS) is 30.1. The molecule has 0 bridgehead atoms. The van der Waals surface area contributed by atoms with E-state index >= 15 is 0 Å². The molecule has 104 valence electrons. The van der Waals surface area contributed by atoms with Gasteiger partial charge in [0.15, 0.2) is 0 Å². The zero-order chi connectivity index (χ0) is 12.8. The van der Waals surface area contributed by atoms with E-state index in [-0.39, 0.29) is 11.9 Å². The summed E-state index contributed by atoms with van der Waals surface area (Å²) in [5.74, 6) is 0.172. The lowest BCUT2D eigenvalue weighted by Gasteiger charge is -2.29. The minimum absolute atomic E-state index is 0.172. The maximum atomic E-state index is 11.9. The molecule has 2 aliphatic heterocycles. The van der Waals surface area contributed by atoms with Crippen LogP contribution < -0.4 is 10.6 Å². The van der Waals surface area contributed by atoms with Crippen molar-refractivity contribution in [2.24, 2.45) is 0 Å². The van der Waals surface area contributed by atoms with Crippen molar-refractivity contribution in [3.63, 3.8) is 0 Å². The van der Waals surface area contributed by atoms with E-state index in [2.05, 4.69) is 17.6 Å². The van der Waals surface area contributed by atoms with Crippen molar-refractivity contribution in [1.29, 1.82) is 0 Å². The Kier molecular flexibility index (Phi) is 5.45. The van der Waals surface area contributed by atoms with Crippen molar-refractivity contribution >= 4 is 5.91 Å². The van der Waals surface area contributed by atoms with Gasteiger partial charge in [-0.05, 0) is 45.6 Å². The predicted octanol–water partition coefficient (Wildman–Crippen LogP) is 1.59. The summed E-state index contributed by atoms with van der Waals surface area (Å²) < 4.78 is 5.53. The van der Waals surface area contributed by atoms with Gasteiger partial charge in [-0.2, -0.15) is 0 Å². The van der Waals surface area contributed by atoms with Gasteiger partial charge in [-0.3, -0.25) is 4.79 Å². The third kappa shape index (κ3) is 4.25. The molecule has 2 N–H and O–H groups in total. The van der Waals surface area contributed by atoms with Crippen LogP contribution in [0.3, 0.4) is 0 Å². The minimum atomic E-state index is 0.172. The second kappa shape index (κ2) is 7.10. The number of amides is 1. The molecule has 0 aliphatic carbocycles. The molecule has 3 unspecified atom stereocenters. The first-order valence-electron chi connectivity index (χ1n) is 7.40. The highest BCUT2D eigenvalue weighted by Gasteiger charge is 2.22. The van der Waals surface area contributed by atoms with Crippen LogP contribution in [0, 0.1) is 0 Å². The smallest absolute Gasteiger partial charge is 0.220 e. The average Bonchev–Trinajstić information content (AvgIpc) is 2.90. The molecule has 1 amide bonds. The number of piperidine rings is 1. The van der Waals surface area contributed by atoms with Gasteiger partial charge in [-0.1, -0.05) is 6.42 Å². The summed E-state index contributed by atoms with van der Waals surface area (Å²) >= 11 is 0. The van der Waals surface area contributed by atoms with Gasteiger partial charge in [0.2, 0.25) is 5.91 Å². The molecule has 18 heavy (non-hydrogen) atoms. The topological polar surface area (TPSA) is 50.4 Å². The van der Waals surface area contributed by atoms with Crippen molar-refractivity contribution in [1.82, 2.24) is 10.6 Å². The van der Waals surface area contributed by atoms with Crippen LogP contribution in [0.5, 0.6) is 0 Å². The first-order chi connectivity index (χ1) is 8.75. The van der Waals surface area contributed by atoms with E-state index in [0.717, 1.165) is 32.4 Å². The molecule has 2 fully saturated rings. The van der Waals surface area contributed by atoms with Gasteiger partial charge in [0, 0.05) is 25.1 Å². The van der Waals surface area contributed by atoms with Crippen LogP contribution in [0.2, 0.25) is 0 Å². The Morgan fingerprint density at radius 1 is 1.39 bits per heavy atom. The van der Waals surface area contributed by atoms with Crippen LogP contribution in [0.15, 0.2) is 0 Å². The number of ether oxygens (including phenoxy) is 1. The molecule has 2 heterocycles. The van der Waals surface area contributed by atoms with Crippen LogP contribution in [0.25, 0.3) is 0 Å². The fraction of sp³-hybridized carbons (Fsp3) is 0.929. The zero-order valence-electron chi connectivity index (χ0n) is 11.4. The summed E-state index contributed by atoms with van der Waals surface area (Å²) in [6.07, 6.45) is 7.76. The fourth-order valence-corrected chi connectivity index (χ4v) is 2.90. The number of hydrogen-bond donors (Lipinski definition) is 2. The predicted molar refractivity (Wildman–Crippen MR) is 71.5 cm³/mol. The lowest BCUT2D eigenvalue weighted by atomic mass is 9.99. The van der Waals surface area contributed by atoms with Gasteiger partial charge >= 0.3 is 0 Å². The monoisotopic (exact) mass is 254 g/mol. The van der Waals surface area contributed by atoms with Crippen molar-refractivity contribution in [2.75, 3.05) is 13.2 Å². The Labute approximate surface area is 110 Å². The number of nitrogens with one attached hydrogen (secondary N) is 2. The highest BCUT2D eigenvalue weighted by molar-refractivity contribution is 5.76. The quantitative estimate of drug-likeness (QED) is 0.783. The standard InChI is InChI=1S/C14H26N2O2/c1-11(13-6-2-3-9-15-13)16-14(17)8-7-12-5-4-10-18-12/h11-13,15H,2-10H2,1H3,(H,16,17). The summed E-state index contributed by atoms with van der Waals surface area (Å²) in [4.78, 5) is 11.9. The van der Waals surface area contributed by atoms with Crippen LogP contribution in [0.4, 0.5) is 0 Å². The molecule has 4 heteroatoms. The fourth-order valence-electron chi connectivity index (χ4n) is 2.90. The largest absolute Gasteiger partial charge is 0.378 e. The SMILES string of the molecule is CC(NC(=O)CCC1CCCO1)C1CCCCN1. The van der Waals surface area contributed by atoms with Crippen molar-refractivity contribution < 1.29 is 9.53 Å². The number of hydrogen-bond acceptors (Lipinski definition) is 3. The molecular formula is C14H26N2O2. The van der Waals surface area contributed by atoms with E-state index in [9.17, 15) is 4.79 Å². The van der Waals surface area contributed by atoms with Gasteiger partial charge < -0.3 is 15.4 Å². The maximum absolute atomic E-state index is 11.9. The van der Waals surface area contributed by atoms with Crippen molar-refractivity contribution in [3.05, 3.63) is 0 Å². The first kappa shape index (κ1) is 13.8. The molecule has 0 radical (unpaired) electrons. The molecule has 2 aliphatic rings. The Bertz CT molecular complexity index is 259. The number of carbonyl (C=O) groups is 1. The van der Waals surface area contributed by atoms with Gasteiger partial charge in [0.1, 0.15) is 0 Å². The lowest BCUT2D eigenvalue weighted by molar-refractivity contribution is -0.122. The second-order valence-electron chi connectivity index (χ2n) is 5.59. The van der Waals surface area contributed by atoms with Crippen molar-refractivity contribution in [2.45, 2.75) is 70.1 Å². The van der Waals surface area contributed by atoms with Crippen molar-refractivity contribution in [3.8, 4) is 0 Å². The van der Waals surface area contributed by atoms with Gasteiger partial charge in [-0.25, -0.2) is 0 Å². The molecule has 0 aromatic heterocycles. The summed E-state index contributed by atoms with van der Waals surface area (Å²) in [6.45, 7) is 4.06. The molecule has 0 aromatic rings. The van der Waals surface area contributed by atoms with Crippen LogP contribution in [-0.2, 0) is 9.53 Å². The highest BCUT2D eigenvalue weighted by Crippen LogP contribution is 2.17. The van der Waals surface area contributed by atoms with Gasteiger partial charge in [0.25, 0.3) is 0 Å². The lowest BCUT2D eigenvalue weighted by Crippen LogP contribution is -2.50. The zero-order valence-corrected chi connectivity index (χ0v) is 11.4. The van der Waals surface area contributed by atoms with E-state index in [4.69, 9.17) is 4.74 Å². The van der Waals surface area contributed by atoms with E-state index in [1.165, 1.54) is 19.3 Å². The highest BCUT2D eigenvalue weighted by atomic mass is 16.5. The molecule has 0 spiro atoms. The number of carbonyl (C=O) groups excluding carboxylic acids is 1. The second-order valence-corrected chi connectivity index (χ2v) is 5.59. The number of rotatable bonds is 5. The summed E-state index contributed by atoms with van der Waals surface area (Å²) in [6, 6.07) is 0.688. The molecule has 2 rings (SSSR count).